The third-order valence-corrected chi connectivity index (χ3v) is 3.75. The lowest BCUT2D eigenvalue weighted by Gasteiger charge is -2.30. The Morgan fingerprint density at radius 2 is 2.00 bits per heavy atom. The molecular weight excluding hydrogens is 320 g/mol. The second kappa shape index (κ2) is 10.4. The van der Waals surface area contributed by atoms with Crippen molar-refractivity contribution in [2.75, 3.05) is 32.2 Å². The van der Waals surface area contributed by atoms with Crippen molar-refractivity contribution in [2.24, 2.45) is 5.92 Å². The first-order chi connectivity index (χ1) is 11.8. The van der Waals surface area contributed by atoms with E-state index in [1.165, 1.54) is 0 Å². The lowest BCUT2D eigenvalue weighted by molar-refractivity contribution is -0.141. The summed E-state index contributed by atoms with van der Waals surface area (Å²) in [7, 11) is 1.62. The second-order valence-corrected chi connectivity index (χ2v) is 6.76. The molecule has 1 atom stereocenters. The van der Waals surface area contributed by atoms with Crippen molar-refractivity contribution >= 4 is 11.6 Å². The molecule has 1 rings (SSSR count). The van der Waals surface area contributed by atoms with E-state index in [9.17, 15) is 4.79 Å². The van der Waals surface area contributed by atoms with Crippen LogP contribution in [0.3, 0.4) is 0 Å². The Labute approximate surface area is 151 Å². The van der Waals surface area contributed by atoms with Gasteiger partial charge >= 0.3 is 0 Å². The van der Waals surface area contributed by atoms with Gasteiger partial charge in [-0.05, 0) is 38.7 Å². The molecule has 1 heterocycles. The van der Waals surface area contributed by atoms with Crippen molar-refractivity contribution in [3.05, 3.63) is 17.8 Å². The molecule has 1 N–H and O–H groups in total. The van der Waals surface area contributed by atoms with E-state index in [1.54, 1.807) is 19.2 Å². The predicted molar refractivity (Wildman–Crippen MR) is 99.1 cm³/mol. The molecule has 0 radical (unpaired) electrons. The van der Waals surface area contributed by atoms with Crippen LogP contribution in [-0.4, -0.2) is 43.4 Å². The van der Waals surface area contributed by atoms with E-state index in [1.807, 2.05) is 20.8 Å². The van der Waals surface area contributed by atoms with Crippen molar-refractivity contribution in [2.45, 2.75) is 53.1 Å². The number of anilines is 1. The van der Waals surface area contributed by atoms with Gasteiger partial charge in [-0.1, -0.05) is 20.8 Å². The molecule has 0 saturated carbocycles. The first-order valence-electron chi connectivity index (χ1n) is 8.87. The molecule has 6 nitrogen and oxygen atoms in total. The standard InChI is InChI=1S/C19H32N2O4/c1-7-10-25-19(5,13-14(2)3)18(22)21-16-8-9-17(20-15(16)4)24-12-11-23-6/h8-9,14H,7,10-13H2,1-6H3,(H,21,22)/t19-/m1/s1. The highest BCUT2D eigenvalue weighted by Crippen LogP contribution is 2.25. The van der Waals surface area contributed by atoms with Gasteiger partial charge in [-0.3, -0.25) is 4.79 Å². The first-order valence-corrected chi connectivity index (χ1v) is 8.87. The summed E-state index contributed by atoms with van der Waals surface area (Å²) in [4.78, 5) is 17.2. The minimum absolute atomic E-state index is 0.146. The zero-order valence-corrected chi connectivity index (χ0v) is 16.3. The zero-order valence-electron chi connectivity index (χ0n) is 16.3. The van der Waals surface area contributed by atoms with Gasteiger partial charge in [-0.25, -0.2) is 4.98 Å². The smallest absolute Gasteiger partial charge is 0.256 e. The number of nitrogens with zero attached hydrogens (tertiary/aromatic N) is 1. The summed E-state index contributed by atoms with van der Waals surface area (Å²) in [5, 5.41) is 2.95. The predicted octanol–water partition coefficient (Wildman–Crippen LogP) is 3.59. The van der Waals surface area contributed by atoms with Crippen molar-refractivity contribution in [3.63, 3.8) is 0 Å². The highest BCUT2D eigenvalue weighted by atomic mass is 16.5. The molecule has 0 aliphatic heterocycles. The van der Waals surface area contributed by atoms with Crippen LogP contribution in [0.4, 0.5) is 5.69 Å². The van der Waals surface area contributed by atoms with Gasteiger partial charge in [0.2, 0.25) is 5.88 Å². The number of methoxy groups -OCH3 is 1. The maximum absolute atomic E-state index is 12.8. The number of rotatable bonds is 11. The summed E-state index contributed by atoms with van der Waals surface area (Å²) in [6.07, 6.45) is 1.53. The topological polar surface area (TPSA) is 69.7 Å². The van der Waals surface area contributed by atoms with E-state index in [0.29, 0.717) is 49.4 Å². The lowest BCUT2D eigenvalue weighted by Crippen LogP contribution is -2.44. The highest BCUT2D eigenvalue weighted by molar-refractivity contribution is 5.97. The average Bonchev–Trinajstić information content (AvgIpc) is 2.55. The Morgan fingerprint density at radius 1 is 1.28 bits per heavy atom. The van der Waals surface area contributed by atoms with E-state index < -0.39 is 5.60 Å². The summed E-state index contributed by atoms with van der Waals surface area (Å²) >= 11 is 0. The van der Waals surface area contributed by atoms with Crippen LogP contribution in [-0.2, 0) is 14.3 Å². The number of aromatic nitrogens is 1. The van der Waals surface area contributed by atoms with Gasteiger partial charge in [0.1, 0.15) is 12.2 Å². The maximum atomic E-state index is 12.8. The summed E-state index contributed by atoms with van der Waals surface area (Å²) < 4.78 is 16.3. The molecule has 25 heavy (non-hydrogen) atoms. The number of amides is 1. The van der Waals surface area contributed by atoms with Gasteiger partial charge in [0.05, 0.1) is 18.0 Å². The van der Waals surface area contributed by atoms with Gasteiger partial charge in [0, 0.05) is 19.8 Å². The average molecular weight is 352 g/mol. The molecule has 0 aliphatic rings. The molecule has 1 aromatic rings. The Balaban J connectivity index is 2.81. The van der Waals surface area contributed by atoms with Gasteiger partial charge in [-0.15, -0.1) is 0 Å². The van der Waals surface area contributed by atoms with Crippen LogP contribution in [0.15, 0.2) is 12.1 Å². The van der Waals surface area contributed by atoms with Gasteiger partial charge in [-0.2, -0.15) is 0 Å². The van der Waals surface area contributed by atoms with Crippen molar-refractivity contribution in [1.82, 2.24) is 4.98 Å². The molecule has 142 valence electrons. The maximum Gasteiger partial charge on any atom is 0.256 e. The van der Waals surface area contributed by atoms with Crippen molar-refractivity contribution < 1.29 is 19.0 Å². The number of hydrogen-bond donors (Lipinski definition) is 1. The molecule has 0 aliphatic carbocycles. The molecule has 0 unspecified atom stereocenters. The van der Waals surface area contributed by atoms with Crippen LogP contribution in [0.2, 0.25) is 0 Å². The fourth-order valence-electron chi connectivity index (χ4n) is 2.56. The third-order valence-electron chi connectivity index (χ3n) is 3.75. The molecule has 1 amide bonds. The first kappa shape index (κ1) is 21.4. The number of carbonyl (C=O) groups is 1. The fourth-order valence-corrected chi connectivity index (χ4v) is 2.56. The molecule has 6 heteroatoms. The summed E-state index contributed by atoms with van der Waals surface area (Å²) in [6, 6.07) is 3.54. The van der Waals surface area contributed by atoms with Gasteiger partial charge in [0.25, 0.3) is 5.91 Å². The van der Waals surface area contributed by atoms with E-state index in [0.717, 1.165) is 6.42 Å². The molecule has 0 aromatic carbocycles. The number of hydrogen-bond acceptors (Lipinski definition) is 5. The molecule has 1 aromatic heterocycles. The molecule has 0 saturated heterocycles. The number of aryl methyl sites for hydroxylation is 1. The monoisotopic (exact) mass is 352 g/mol. The van der Waals surface area contributed by atoms with Gasteiger partial charge in [0.15, 0.2) is 0 Å². The van der Waals surface area contributed by atoms with E-state index in [4.69, 9.17) is 14.2 Å². The van der Waals surface area contributed by atoms with Crippen LogP contribution >= 0.6 is 0 Å². The van der Waals surface area contributed by atoms with E-state index in [2.05, 4.69) is 24.1 Å². The summed E-state index contributed by atoms with van der Waals surface area (Å²) in [5.41, 5.74) is 0.509. The van der Waals surface area contributed by atoms with Gasteiger partial charge < -0.3 is 19.5 Å². The minimum Gasteiger partial charge on any atom is -0.475 e. The van der Waals surface area contributed by atoms with Crippen LogP contribution in [0.25, 0.3) is 0 Å². The molecule has 0 fully saturated rings. The Bertz CT molecular complexity index is 548. The number of pyridine rings is 1. The number of carbonyl (C=O) groups excluding carboxylic acids is 1. The number of ether oxygens (including phenoxy) is 3. The second-order valence-electron chi connectivity index (χ2n) is 6.76. The van der Waals surface area contributed by atoms with Crippen LogP contribution < -0.4 is 10.1 Å². The Kier molecular flexibility index (Phi) is 8.86. The lowest BCUT2D eigenvalue weighted by atomic mass is 9.93. The van der Waals surface area contributed by atoms with Crippen molar-refractivity contribution in [1.29, 1.82) is 0 Å². The normalized spacial score (nSPS) is 13.6. The minimum atomic E-state index is -0.857. The van der Waals surface area contributed by atoms with Crippen LogP contribution in [0, 0.1) is 12.8 Å². The van der Waals surface area contributed by atoms with Crippen molar-refractivity contribution in [3.8, 4) is 5.88 Å². The quantitative estimate of drug-likeness (QED) is 0.616. The Morgan fingerprint density at radius 3 is 2.56 bits per heavy atom. The molecule has 0 spiro atoms. The molecular formula is C19H32N2O4. The zero-order chi connectivity index (χ0) is 18.9. The largest absolute Gasteiger partial charge is 0.475 e. The number of nitrogens with one attached hydrogen (secondary N) is 1. The summed E-state index contributed by atoms with van der Waals surface area (Å²) in [5.74, 6) is 0.718. The van der Waals surface area contributed by atoms with Crippen LogP contribution in [0.5, 0.6) is 5.88 Å². The highest BCUT2D eigenvalue weighted by Gasteiger charge is 2.35. The fraction of sp³-hybridized carbons (Fsp3) is 0.684. The Hall–Kier alpha value is -1.66. The van der Waals surface area contributed by atoms with Crippen LogP contribution in [0.1, 0.15) is 46.2 Å². The van der Waals surface area contributed by atoms with E-state index >= 15 is 0 Å². The third kappa shape index (κ3) is 7.00. The SMILES string of the molecule is CCCO[C@](C)(CC(C)C)C(=O)Nc1ccc(OCCOC)nc1C. The summed E-state index contributed by atoms with van der Waals surface area (Å²) in [6.45, 7) is 11.4. The van der Waals surface area contributed by atoms with E-state index in [-0.39, 0.29) is 5.91 Å². The molecule has 0 bridgehead atoms.